The Morgan fingerprint density at radius 1 is 1.00 bits per heavy atom. The number of allylic oxidation sites excluding steroid dienone is 2. The van der Waals surface area contributed by atoms with E-state index in [1.807, 2.05) is 26.0 Å². The molecule has 0 amide bonds. The third-order valence-electron chi connectivity index (χ3n) is 3.95. The maximum atomic E-state index is 10.9. The molecule has 120 valence electrons. The van der Waals surface area contributed by atoms with Crippen molar-refractivity contribution >= 4 is 25.0 Å². The van der Waals surface area contributed by atoms with Crippen LogP contribution < -0.4 is 10.4 Å². The molecular formula is C20H24O2Si. The first kappa shape index (κ1) is 17.4. The Morgan fingerprint density at radius 2 is 1.52 bits per heavy atom. The van der Waals surface area contributed by atoms with E-state index in [9.17, 15) is 4.79 Å². The second kappa shape index (κ2) is 8.60. The molecule has 1 unspecified atom stereocenters. The lowest BCUT2D eigenvalue weighted by atomic mass is 10.3. The largest absolute Gasteiger partial charge is 0.405 e. The number of hydrogen-bond donors (Lipinski definition) is 0. The summed E-state index contributed by atoms with van der Waals surface area (Å²) in [5.41, 5.74) is 0. The first-order valence-electron chi connectivity index (χ1n) is 8.06. The minimum Gasteiger partial charge on any atom is -0.405 e. The molecule has 0 spiro atoms. The number of carbonyl (C=O) groups excluding carboxylic acids is 1. The second-order valence-electron chi connectivity index (χ2n) is 5.66. The van der Waals surface area contributed by atoms with Crippen molar-refractivity contribution in [1.29, 1.82) is 0 Å². The molecule has 0 aromatic heterocycles. The van der Waals surface area contributed by atoms with Crippen LogP contribution in [-0.2, 0) is 9.22 Å². The highest BCUT2D eigenvalue weighted by molar-refractivity contribution is 6.97. The van der Waals surface area contributed by atoms with Crippen molar-refractivity contribution in [3.8, 4) is 0 Å². The van der Waals surface area contributed by atoms with Crippen molar-refractivity contribution in [2.24, 2.45) is 0 Å². The van der Waals surface area contributed by atoms with E-state index in [1.165, 1.54) is 10.4 Å². The van der Waals surface area contributed by atoms with Gasteiger partial charge in [-0.1, -0.05) is 72.8 Å². The van der Waals surface area contributed by atoms with Gasteiger partial charge in [0.15, 0.2) is 0 Å². The molecule has 0 bridgehead atoms. The first-order chi connectivity index (χ1) is 11.2. The monoisotopic (exact) mass is 324 g/mol. The van der Waals surface area contributed by atoms with Gasteiger partial charge < -0.3 is 9.22 Å². The van der Waals surface area contributed by atoms with E-state index in [0.717, 1.165) is 12.3 Å². The van der Waals surface area contributed by atoms with Crippen molar-refractivity contribution in [1.82, 2.24) is 0 Å². The smallest absolute Gasteiger partial charge is 0.259 e. The Labute approximate surface area is 139 Å². The van der Waals surface area contributed by atoms with Gasteiger partial charge in [0.1, 0.15) is 6.29 Å². The maximum Gasteiger partial charge on any atom is 0.259 e. The Balaban J connectivity index is 2.55. The first-order valence-corrected chi connectivity index (χ1v) is 10.2. The average molecular weight is 324 g/mol. The highest BCUT2D eigenvalue weighted by Crippen LogP contribution is 2.17. The highest BCUT2D eigenvalue weighted by Gasteiger charge is 2.39. The molecule has 0 heterocycles. The summed E-state index contributed by atoms with van der Waals surface area (Å²) in [6, 6.07) is 21.7. The molecule has 23 heavy (non-hydrogen) atoms. The van der Waals surface area contributed by atoms with Crippen LogP contribution in [0.1, 0.15) is 20.3 Å². The molecule has 0 aliphatic rings. The highest BCUT2D eigenvalue weighted by atomic mass is 28.4. The fraction of sp³-hybridized carbons (Fsp3) is 0.250. The minimum absolute atomic E-state index is 0.0927. The lowest BCUT2D eigenvalue weighted by Gasteiger charge is -2.34. The maximum absolute atomic E-state index is 10.9. The minimum atomic E-state index is -2.41. The Morgan fingerprint density at radius 3 is 1.96 bits per heavy atom. The van der Waals surface area contributed by atoms with Gasteiger partial charge in [-0.2, -0.15) is 0 Å². The van der Waals surface area contributed by atoms with Crippen LogP contribution in [0.15, 0.2) is 72.8 Å². The van der Waals surface area contributed by atoms with E-state index >= 15 is 0 Å². The van der Waals surface area contributed by atoms with Crippen LogP contribution in [0.3, 0.4) is 0 Å². The van der Waals surface area contributed by atoms with Crippen molar-refractivity contribution in [3.63, 3.8) is 0 Å². The fourth-order valence-electron chi connectivity index (χ4n) is 2.81. The zero-order chi connectivity index (χ0) is 16.5. The van der Waals surface area contributed by atoms with Gasteiger partial charge in [-0.25, -0.2) is 0 Å². The number of carbonyl (C=O) groups is 1. The summed E-state index contributed by atoms with van der Waals surface area (Å²) in [4.78, 5) is 10.9. The number of benzene rings is 2. The number of aldehydes is 1. The molecule has 2 nitrogen and oxygen atoms in total. The molecule has 2 aromatic rings. The van der Waals surface area contributed by atoms with Gasteiger partial charge in [-0.05, 0) is 30.3 Å². The van der Waals surface area contributed by atoms with Crippen molar-refractivity contribution < 1.29 is 9.22 Å². The molecule has 0 N–H and O–H groups in total. The molecule has 0 fully saturated rings. The predicted octanol–water partition coefficient (Wildman–Crippen LogP) is 3.32. The van der Waals surface area contributed by atoms with Crippen LogP contribution >= 0.6 is 0 Å². The molecule has 2 aromatic carbocycles. The van der Waals surface area contributed by atoms with Crippen LogP contribution in [0.5, 0.6) is 0 Å². The topological polar surface area (TPSA) is 26.3 Å². The lowest BCUT2D eigenvalue weighted by Crippen LogP contribution is -2.61. The predicted molar refractivity (Wildman–Crippen MR) is 98.8 cm³/mol. The SMILES string of the molecule is C/C=C/C[Si](OC(C)CC=O)(c1ccccc1)c1ccccc1. The van der Waals surface area contributed by atoms with Crippen LogP contribution in [0.4, 0.5) is 0 Å². The van der Waals surface area contributed by atoms with Crippen molar-refractivity contribution in [2.45, 2.75) is 32.4 Å². The summed E-state index contributed by atoms with van der Waals surface area (Å²) in [5.74, 6) is 0. The zero-order valence-electron chi connectivity index (χ0n) is 13.8. The summed E-state index contributed by atoms with van der Waals surface area (Å²) >= 11 is 0. The standard InChI is InChI=1S/C20H24O2Si/c1-3-4-17-23(22-18(2)15-16-21,19-11-7-5-8-12-19)20-13-9-6-10-14-20/h3-14,16,18H,15,17H2,1-2H3/b4-3+. The van der Waals surface area contributed by atoms with Crippen molar-refractivity contribution in [3.05, 3.63) is 72.8 Å². The Kier molecular flexibility index (Phi) is 6.50. The third-order valence-corrected chi connectivity index (χ3v) is 8.10. The fourth-order valence-corrected chi connectivity index (χ4v) is 6.80. The third kappa shape index (κ3) is 4.27. The van der Waals surface area contributed by atoms with Crippen LogP contribution in [0.2, 0.25) is 6.04 Å². The molecule has 2 rings (SSSR count). The summed E-state index contributed by atoms with van der Waals surface area (Å²) in [7, 11) is -2.41. The Hall–Kier alpha value is -1.97. The van der Waals surface area contributed by atoms with Gasteiger partial charge in [-0.15, -0.1) is 0 Å². The lowest BCUT2D eigenvalue weighted by molar-refractivity contribution is -0.109. The average Bonchev–Trinajstić information content (AvgIpc) is 2.60. The molecule has 3 heteroatoms. The van der Waals surface area contributed by atoms with Crippen molar-refractivity contribution in [2.75, 3.05) is 0 Å². The molecular weight excluding hydrogens is 300 g/mol. The normalized spacial score (nSPS) is 13.1. The van der Waals surface area contributed by atoms with Crippen LogP contribution in [0, 0.1) is 0 Å². The van der Waals surface area contributed by atoms with Crippen LogP contribution in [0.25, 0.3) is 0 Å². The van der Waals surface area contributed by atoms with E-state index < -0.39 is 8.32 Å². The molecule has 0 saturated carbocycles. The molecule has 0 aliphatic carbocycles. The van der Waals surface area contributed by atoms with Gasteiger partial charge >= 0.3 is 0 Å². The number of hydrogen-bond acceptors (Lipinski definition) is 2. The van der Waals surface area contributed by atoms with E-state index in [0.29, 0.717) is 6.42 Å². The van der Waals surface area contributed by atoms with Crippen LogP contribution in [-0.4, -0.2) is 20.7 Å². The van der Waals surface area contributed by atoms with E-state index in [2.05, 4.69) is 60.7 Å². The summed E-state index contributed by atoms with van der Waals surface area (Å²) < 4.78 is 6.61. The van der Waals surface area contributed by atoms with Gasteiger partial charge in [-0.3, -0.25) is 0 Å². The van der Waals surface area contributed by atoms with Gasteiger partial charge in [0.05, 0.1) is 0 Å². The zero-order valence-corrected chi connectivity index (χ0v) is 14.8. The van der Waals surface area contributed by atoms with E-state index in [4.69, 9.17) is 4.43 Å². The van der Waals surface area contributed by atoms with Gasteiger partial charge in [0, 0.05) is 12.5 Å². The molecule has 0 saturated heterocycles. The van der Waals surface area contributed by atoms with Gasteiger partial charge in [0.2, 0.25) is 0 Å². The van der Waals surface area contributed by atoms with Gasteiger partial charge in [0.25, 0.3) is 8.32 Å². The summed E-state index contributed by atoms with van der Waals surface area (Å²) in [5, 5.41) is 2.48. The molecule has 1 atom stereocenters. The number of rotatable bonds is 8. The summed E-state index contributed by atoms with van der Waals surface area (Å²) in [6.07, 6.45) is 5.52. The molecule has 0 aliphatic heterocycles. The summed E-state index contributed by atoms with van der Waals surface area (Å²) in [6.45, 7) is 4.02. The molecule has 0 radical (unpaired) electrons. The second-order valence-corrected chi connectivity index (χ2v) is 9.12. The quantitative estimate of drug-likeness (QED) is 0.423. The van der Waals surface area contributed by atoms with E-state index in [1.54, 1.807) is 0 Å². The Bertz CT molecular complexity index is 583. The van der Waals surface area contributed by atoms with E-state index in [-0.39, 0.29) is 6.10 Å².